The number of aryl methyl sites for hydroxylation is 1. The number of alkyl carbamates (subject to hydrolysis) is 1. The van der Waals surface area contributed by atoms with Gasteiger partial charge in [-0.15, -0.1) is 0 Å². The van der Waals surface area contributed by atoms with Crippen molar-refractivity contribution in [3.8, 4) is 11.1 Å². The maximum atomic E-state index is 12.8. The lowest BCUT2D eigenvalue weighted by atomic mass is 9.85. The predicted octanol–water partition coefficient (Wildman–Crippen LogP) is 5.17. The van der Waals surface area contributed by atoms with Gasteiger partial charge in [-0.1, -0.05) is 32.0 Å². The van der Waals surface area contributed by atoms with Crippen LogP contribution in [0.2, 0.25) is 0 Å². The van der Waals surface area contributed by atoms with Gasteiger partial charge in [0.15, 0.2) is 0 Å². The van der Waals surface area contributed by atoms with Gasteiger partial charge < -0.3 is 10.1 Å². The number of nitrogens with one attached hydrogen (secondary N) is 1. The molecule has 4 nitrogen and oxygen atoms in total. The number of piperidine rings is 3. The molecule has 1 unspecified atom stereocenters. The molecule has 0 spiro atoms. The summed E-state index contributed by atoms with van der Waals surface area (Å²) in [5.41, 5.74) is 6.45. The second kappa shape index (κ2) is 7.13. The third-order valence-corrected chi connectivity index (χ3v) is 8.03. The molecule has 1 N–H and O–H groups in total. The van der Waals surface area contributed by atoms with Crippen LogP contribution in [0.3, 0.4) is 0 Å². The van der Waals surface area contributed by atoms with Gasteiger partial charge in [-0.2, -0.15) is 11.3 Å². The van der Waals surface area contributed by atoms with Gasteiger partial charge in [0.05, 0.1) is 6.04 Å². The van der Waals surface area contributed by atoms with Crippen LogP contribution in [-0.2, 0) is 11.2 Å². The zero-order valence-corrected chi connectivity index (χ0v) is 18.3. The van der Waals surface area contributed by atoms with Crippen LogP contribution in [0.4, 0.5) is 4.79 Å². The van der Waals surface area contributed by atoms with Crippen LogP contribution in [0, 0.1) is 18.3 Å². The molecule has 1 aromatic carbocycles. The predicted molar refractivity (Wildman–Crippen MR) is 117 cm³/mol. The summed E-state index contributed by atoms with van der Waals surface area (Å²) in [5.74, 6) is 0.533. The fourth-order valence-electron chi connectivity index (χ4n) is 5.48. The number of thiophene rings is 1. The molecule has 4 heterocycles. The van der Waals surface area contributed by atoms with Crippen molar-refractivity contribution in [3.63, 3.8) is 0 Å². The maximum Gasteiger partial charge on any atom is 0.407 e. The number of rotatable bonds is 3. The second-order valence-corrected chi connectivity index (χ2v) is 10.5. The summed E-state index contributed by atoms with van der Waals surface area (Å²) >= 11 is 1.75. The Kier molecular flexibility index (Phi) is 4.71. The number of amides is 1. The van der Waals surface area contributed by atoms with E-state index in [0.717, 1.165) is 38.9 Å². The zero-order chi connectivity index (χ0) is 20.2. The summed E-state index contributed by atoms with van der Waals surface area (Å²) in [5, 5.41) is 7.64. The lowest BCUT2D eigenvalue weighted by Gasteiger charge is -2.44. The Morgan fingerprint density at radius 2 is 2.03 bits per heavy atom. The molecule has 1 aromatic heterocycles. The Labute approximate surface area is 177 Å². The summed E-state index contributed by atoms with van der Waals surface area (Å²) in [6.45, 7) is 9.84. The monoisotopic (exact) mass is 410 g/mol. The van der Waals surface area contributed by atoms with Gasteiger partial charge in [0.2, 0.25) is 0 Å². The van der Waals surface area contributed by atoms with Crippen molar-refractivity contribution in [3.05, 3.63) is 45.6 Å². The van der Waals surface area contributed by atoms with Crippen LogP contribution < -0.4 is 5.32 Å². The van der Waals surface area contributed by atoms with E-state index >= 15 is 0 Å². The van der Waals surface area contributed by atoms with Gasteiger partial charge in [-0.3, -0.25) is 4.90 Å². The van der Waals surface area contributed by atoms with Crippen molar-refractivity contribution < 1.29 is 9.53 Å². The van der Waals surface area contributed by atoms with E-state index in [2.05, 4.69) is 59.9 Å². The van der Waals surface area contributed by atoms with Crippen molar-refractivity contribution in [2.45, 2.75) is 52.2 Å². The number of fused-ring (bicyclic) bond motifs is 4. The lowest BCUT2D eigenvalue weighted by molar-refractivity contribution is -0.0348. The third-order valence-electron chi connectivity index (χ3n) is 7.16. The van der Waals surface area contributed by atoms with Crippen molar-refractivity contribution >= 4 is 17.4 Å². The van der Waals surface area contributed by atoms with Crippen molar-refractivity contribution in [2.75, 3.05) is 19.6 Å². The average molecular weight is 411 g/mol. The molecule has 2 bridgehead atoms. The van der Waals surface area contributed by atoms with E-state index in [-0.39, 0.29) is 23.7 Å². The van der Waals surface area contributed by atoms with E-state index in [4.69, 9.17) is 4.74 Å². The minimum atomic E-state index is -0.257. The van der Waals surface area contributed by atoms with Gasteiger partial charge in [0.1, 0.15) is 6.10 Å². The van der Waals surface area contributed by atoms with Crippen LogP contribution in [0.1, 0.15) is 49.4 Å². The Morgan fingerprint density at radius 1 is 1.24 bits per heavy atom. The minimum Gasteiger partial charge on any atom is -0.445 e. The first-order valence-corrected chi connectivity index (χ1v) is 11.7. The van der Waals surface area contributed by atoms with Crippen molar-refractivity contribution in [1.82, 2.24) is 10.2 Å². The Balaban J connectivity index is 1.33. The van der Waals surface area contributed by atoms with Gasteiger partial charge in [0.25, 0.3) is 0 Å². The van der Waals surface area contributed by atoms with Crippen molar-refractivity contribution in [1.29, 1.82) is 0 Å². The Morgan fingerprint density at radius 3 is 2.69 bits per heavy atom. The Bertz CT molecular complexity index is 927. The van der Waals surface area contributed by atoms with Crippen LogP contribution in [-0.4, -0.2) is 36.7 Å². The van der Waals surface area contributed by atoms with Gasteiger partial charge in [-0.25, -0.2) is 4.79 Å². The first kappa shape index (κ1) is 19.1. The van der Waals surface area contributed by atoms with E-state index in [1.165, 1.54) is 27.8 Å². The molecule has 154 valence electrons. The van der Waals surface area contributed by atoms with Gasteiger partial charge >= 0.3 is 6.09 Å². The first-order valence-electron chi connectivity index (χ1n) is 10.8. The second-order valence-electron chi connectivity index (χ2n) is 9.71. The van der Waals surface area contributed by atoms with Crippen LogP contribution in [0.25, 0.3) is 11.1 Å². The molecule has 2 atom stereocenters. The SMILES string of the molecule is Cc1cscc1-c1ccc2c(c1)CC(C)(C)C2NC(=O)O[C@H]1CN2CCC1CC2. The number of hydrogen-bond donors (Lipinski definition) is 1. The highest BCUT2D eigenvalue weighted by Crippen LogP contribution is 2.46. The summed E-state index contributed by atoms with van der Waals surface area (Å²) in [6, 6.07) is 6.70. The number of carbonyl (C=O) groups excluding carboxylic acids is 1. The molecule has 0 radical (unpaired) electrons. The van der Waals surface area contributed by atoms with Gasteiger partial charge in [0, 0.05) is 6.54 Å². The topological polar surface area (TPSA) is 41.6 Å². The summed E-state index contributed by atoms with van der Waals surface area (Å²) < 4.78 is 5.90. The number of hydrogen-bond acceptors (Lipinski definition) is 4. The van der Waals surface area contributed by atoms with Gasteiger partial charge in [-0.05, 0) is 89.2 Å². The quantitative estimate of drug-likeness (QED) is 0.759. The fraction of sp³-hybridized carbons (Fsp3) is 0.542. The lowest BCUT2D eigenvalue weighted by Crippen LogP contribution is -2.53. The molecule has 29 heavy (non-hydrogen) atoms. The highest BCUT2D eigenvalue weighted by molar-refractivity contribution is 7.08. The molecule has 4 aliphatic rings. The molecule has 3 fully saturated rings. The first-order chi connectivity index (χ1) is 13.9. The minimum absolute atomic E-state index is 0.0105. The highest BCUT2D eigenvalue weighted by atomic mass is 32.1. The van der Waals surface area contributed by atoms with E-state index in [1.54, 1.807) is 11.3 Å². The number of nitrogens with zero attached hydrogens (tertiary/aromatic N) is 1. The number of carbonyl (C=O) groups is 1. The maximum absolute atomic E-state index is 12.8. The molecule has 3 saturated heterocycles. The normalized spacial score (nSPS) is 29.5. The zero-order valence-electron chi connectivity index (χ0n) is 17.5. The molecule has 1 aliphatic carbocycles. The van der Waals surface area contributed by atoms with E-state index < -0.39 is 0 Å². The standard InChI is InChI=1S/C24H30N2O2S/c1-15-13-29-14-20(15)17-4-5-19-18(10-17)11-24(2,3)22(19)25-23(27)28-21-12-26-8-6-16(21)7-9-26/h4-5,10,13-14,16,21-22H,6-9,11-12H2,1-3H3,(H,25,27)/t21-,22?/m0/s1. The summed E-state index contributed by atoms with van der Waals surface area (Å²) in [4.78, 5) is 15.2. The number of benzene rings is 1. The number of ether oxygens (including phenoxy) is 1. The fourth-order valence-corrected chi connectivity index (χ4v) is 6.34. The third kappa shape index (κ3) is 3.49. The largest absolute Gasteiger partial charge is 0.445 e. The molecule has 6 rings (SSSR count). The molecule has 5 heteroatoms. The Hall–Kier alpha value is -1.85. The molecule has 2 aromatic rings. The van der Waals surface area contributed by atoms with Crippen LogP contribution in [0.5, 0.6) is 0 Å². The van der Waals surface area contributed by atoms with E-state index in [9.17, 15) is 4.79 Å². The molecule has 1 amide bonds. The van der Waals surface area contributed by atoms with Crippen molar-refractivity contribution in [2.24, 2.45) is 11.3 Å². The smallest absolute Gasteiger partial charge is 0.407 e. The van der Waals surface area contributed by atoms with E-state index in [1.807, 2.05) is 0 Å². The highest BCUT2D eigenvalue weighted by Gasteiger charge is 2.42. The molecular weight excluding hydrogens is 380 g/mol. The molecule has 0 saturated carbocycles. The summed E-state index contributed by atoms with van der Waals surface area (Å²) in [6.07, 6.45) is 3.06. The molecular formula is C24H30N2O2S. The van der Waals surface area contributed by atoms with Crippen LogP contribution in [0.15, 0.2) is 29.0 Å². The molecule has 3 aliphatic heterocycles. The van der Waals surface area contributed by atoms with Crippen LogP contribution >= 0.6 is 11.3 Å². The van der Waals surface area contributed by atoms with E-state index in [0.29, 0.717) is 5.92 Å². The summed E-state index contributed by atoms with van der Waals surface area (Å²) in [7, 11) is 0. The average Bonchev–Trinajstić information content (AvgIpc) is 3.22.